The number of carbonyl (C=O) groups excluding carboxylic acids is 3. The highest BCUT2D eigenvalue weighted by Crippen LogP contribution is 2.28. The van der Waals surface area contributed by atoms with Crippen molar-refractivity contribution in [2.45, 2.75) is 13.8 Å². The molecule has 0 bridgehead atoms. The Bertz CT molecular complexity index is 866. The fraction of sp³-hybridized carbons (Fsp3) is 0.250. The van der Waals surface area contributed by atoms with Gasteiger partial charge in [-0.15, -0.1) is 0 Å². The van der Waals surface area contributed by atoms with Gasteiger partial charge in [0.15, 0.2) is 18.1 Å². The zero-order valence-corrected chi connectivity index (χ0v) is 15.9. The quantitative estimate of drug-likeness (QED) is 0.676. The molecule has 2 rings (SSSR count). The van der Waals surface area contributed by atoms with Crippen LogP contribution in [0.15, 0.2) is 42.5 Å². The highest BCUT2D eigenvalue weighted by molar-refractivity contribution is 5.96. The van der Waals surface area contributed by atoms with Gasteiger partial charge in [-0.25, -0.2) is 4.79 Å². The molecule has 0 atom stereocenters. The summed E-state index contributed by atoms with van der Waals surface area (Å²) in [5, 5.41) is 5.22. The fourth-order valence-electron chi connectivity index (χ4n) is 2.36. The van der Waals surface area contributed by atoms with Crippen LogP contribution in [0.2, 0.25) is 0 Å². The number of amides is 2. The first-order valence-corrected chi connectivity index (χ1v) is 8.58. The van der Waals surface area contributed by atoms with Crippen molar-refractivity contribution >= 4 is 29.2 Å². The van der Waals surface area contributed by atoms with Crippen molar-refractivity contribution in [3.8, 4) is 11.5 Å². The van der Waals surface area contributed by atoms with Gasteiger partial charge in [-0.1, -0.05) is 6.07 Å². The summed E-state index contributed by atoms with van der Waals surface area (Å²) in [7, 11) is 1.47. The van der Waals surface area contributed by atoms with Crippen LogP contribution in [0, 0.1) is 0 Å². The van der Waals surface area contributed by atoms with Gasteiger partial charge in [0.05, 0.1) is 19.3 Å². The Morgan fingerprint density at radius 3 is 2.32 bits per heavy atom. The fourth-order valence-corrected chi connectivity index (χ4v) is 2.36. The van der Waals surface area contributed by atoms with Crippen molar-refractivity contribution in [2.24, 2.45) is 0 Å². The van der Waals surface area contributed by atoms with Crippen molar-refractivity contribution < 1.29 is 28.6 Å². The van der Waals surface area contributed by atoms with Gasteiger partial charge < -0.3 is 24.8 Å². The molecule has 0 saturated carbocycles. The number of methoxy groups -OCH3 is 1. The molecule has 0 heterocycles. The Morgan fingerprint density at radius 1 is 0.964 bits per heavy atom. The molecule has 2 aromatic rings. The molecule has 28 heavy (non-hydrogen) atoms. The summed E-state index contributed by atoms with van der Waals surface area (Å²) in [5.41, 5.74) is 1.25. The molecule has 0 radical (unpaired) electrons. The number of anilines is 2. The zero-order chi connectivity index (χ0) is 20.5. The third-order valence-electron chi connectivity index (χ3n) is 3.50. The van der Waals surface area contributed by atoms with Crippen molar-refractivity contribution in [2.75, 3.05) is 31.0 Å². The Kier molecular flexibility index (Phi) is 7.38. The summed E-state index contributed by atoms with van der Waals surface area (Å²) in [5.74, 6) is -0.480. The van der Waals surface area contributed by atoms with Gasteiger partial charge >= 0.3 is 5.97 Å². The van der Waals surface area contributed by atoms with Crippen LogP contribution in [-0.2, 0) is 14.3 Å². The molecule has 0 spiro atoms. The number of benzene rings is 2. The third-order valence-corrected chi connectivity index (χ3v) is 3.50. The number of hydrogen-bond donors (Lipinski definition) is 2. The van der Waals surface area contributed by atoms with E-state index in [4.69, 9.17) is 14.2 Å². The minimum atomic E-state index is -0.663. The predicted octanol–water partition coefficient (Wildman–Crippen LogP) is 2.85. The second-order valence-corrected chi connectivity index (χ2v) is 5.68. The maximum Gasteiger partial charge on any atom is 0.338 e. The molecule has 8 nitrogen and oxygen atoms in total. The first kappa shape index (κ1) is 20.8. The second kappa shape index (κ2) is 9.96. The molecular weight excluding hydrogens is 364 g/mol. The topological polar surface area (TPSA) is 103 Å². The average molecular weight is 386 g/mol. The molecule has 0 aliphatic heterocycles. The lowest BCUT2D eigenvalue weighted by molar-refractivity contribution is -0.119. The molecular formula is C20H22N2O6. The summed E-state index contributed by atoms with van der Waals surface area (Å²) >= 11 is 0. The highest BCUT2D eigenvalue weighted by atomic mass is 16.5. The van der Waals surface area contributed by atoms with Crippen molar-refractivity contribution in [3.63, 3.8) is 0 Å². The molecule has 0 saturated heterocycles. The summed E-state index contributed by atoms with van der Waals surface area (Å²) in [6.45, 7) is 3.23. The Balaban J connectivity index is 1.93. The van der Waals surface area contributed by atoms with Gasteiger partial charge in [0.25, 0.3) is 5.91 Å². The molecule has 0 aromatic heterocycles. The van der Waals surface area contributed by atoms with Gasteiger partial charge in [-0.3, -0.25) is 9.59 Å². The minimum absolute atomic E-state index is 0.219. The maximum atomic E-state index is 12.2. The predicted molar refractivity (Wildman–Crippen MR) is 104 cm³/mol. The number of esters is 1. The highest BCUT2D eigenvalue weighted by Gasteiger charge is 2.14. The maximum absolute atomic E-state index is 12.2. The summed E-state index contributed by atoms with van der Waals surface area (Å²) in [6.07, 6.45) is 0. The molecule has 0 unspecified atom stereocenters. The molecule has 8 heteroatoms. The van der Waals surface area contributed by atoms with E-state index in [2.05, 4.69) is 10.6 Å². The van der Waals surface area contributed by atoms with E-state index in [9.17, 15) is 14.4 Å². The van der Waals surface area contributed by atoms with Gasteiger partial charge in [-0.05, 0) is 43.3 Å². The first-order chi connectivity index (χ1) is 13.4. The Labute approximate surface area is 162 Å². The molecule has 0 fully saturated rings. The number of hydrogen-bond acceptors (Lipinski definition) is 6. The van der Waals surface area contributed by atoms with Crippen LogP contribution in [0.5, 0.6) is 11.5 Å². The van der Waals surface area contributed by atoms with Gasteiger partial charge in [-0.2, -0.15) is 0 Å². The molecule has 2 amide bonds. The second-order valence-electron chi connectivity index (χ2n) is 5.68. The van der Waals surface area contributed by atoms with E-state index in [0.29, 0.717) is 29.5 Å². The van der Waals surface area contributed by atoms with E-state index in [1.807, 2.05) is 6.92 Å². The normalized spacial score (nSPS) is 9.96. The largest absolute Gasteiger partial charge is 0.493 e. The standard InChI is InChI=1S/C20H22N2O6/c1-4-27-17-9-8-14(10-18(17)26-3)20(25)28-12-19(24)22-16-7-5-6-15(11-16)21-13(2)23/h5-11H,4,12H2,1-3H3,(H,21,23)(H,22,24). The van der Waals surface area contributed by atoms with E-state index in [-0.39, 0.29) is 11.5 Å². The third kappa shape index (κ3) is 6.01. The first-order valence-electron chi connectivity index (χ1n) is 8.58. The van der Waals surface area contributed by atoms with E-state index in [1.54, 1.807) is 30.3 Å². The molecule has 0 aliphatic carbocycles. The van der Waals surface area contributed by atoms with E-state index in [1.165, 1.54) is 26.2 Å². The van der Waals surface area contributed by atoms with Gasteiger partial charge in [0.1, 0.15) is 0 Å². The number of rotatable bonds is 8. The lowest BCUT2D eigenvalue weighted by atomic mass is 10.2. The average Bonchev–Trinajstić information content (AvgIpc) is 2.66. The van der Waals surface area contributed by atoms with Crippen LogP contribution in [0.3, 0.4) is 0 Å². The number of ether oxygens (including phenoxy) is 3. The molecule has 148 valence electrons. The van der Waals surface area contributed by atoms with Crippen LogP contribution in [-0.4, -0.2) is 38.1 Å². The molecule has 0 aliphatic rings. The summed E-state index contributed by atoms with van der Waals surface area (Å²) in [4.78, 5) is 35.3. The molecule has 2 N–H and O–H groups in total. The van der Waals surface area contributed by atoms with Crippen molar-refractivity contribution in [1.82, 2.24) is 0 Å². The number of nitrogens with one attached hydrogen (secondary N) is 2. The van der Waals surface area contributed by atoms with Crippen LogP contribution < -0.4 is 20.1 Å². The number of carbonyl (C=O) groups is 3. The molecule has 2 aromatic carbocycles. The summed E-state index contributed by atoms with van der Waals surface area (Å²) in [6, 6.07) is 11.2. The zero-order valence-electron chi connectivity index (χ0n) is 15.9. The van der Waals surface area contributed by atoms with E-state index >= 15 is 0 Å². The van der Waals surface area contributed by atoms with Crippen molar-refractivity contribution in [3.05, 3.63) is 48.0 Å². The van der Waals surface area contributed by atoms with Crippen LogP contribution in [0.4, 0.5) is 11.4 Å². The Hall–Kier alpha value is -3.55. The Morgan fingerprint density at radius 2 is 1.68 bits per heavy atom. The van der Waals surface area contributed by atoms with Crippen LogP contribution in [0.25, 0.3) is 0 Å². The minimum Gasteiger partial charge on any atom is -0.493 e. The smallest absolute Gasteiger partial charge is 0.338 e. The summed E-state index contributed by atoms with van der Waals surface area (Å²) < 4.78 is 15.6. The monoisotopic (exact) mass is 386 g/mol. The van der Waals surface area contributed by atoms with Gasteiger partial charge in [0, 0.05) is 18.3 Å². The lowest BCUT2D eigenvalue weighted by Gasteiger charge is -2.11. The van der Waals surface area contributed by atoms with Gasteiger partial charge in [0.2, 0.25) is 5.91 Å². The van der Waals surface area contributed by atoms with E-state index < -0.39 is 18.5 Å². The SMILES string of the molecule is CCOc1ccc(C(=O)OCC(=O)Nc2cccc(NC(C)=O)c2)cc1OC. The van der Waals surface area contributed by atoms with Crippen LogP contribution in [0.1, 0.15) is 24.2 Å². The van der Waals surface area contributed by atoms with E-state index in [0.717, 1.165) is 0 Å². The van der Waals surface area contributed by atoms with Crippen LogP contribution >= 0.6 is 0 Å². The lowest BCUT2D eigenvalue weighted by Crippen LogP contribution is -2.21. The van der Waals surface area contributed by atoms with Crippen molar-refractivity contribution in [1.29, 1.82) is 0 Å².